The molecule has 3 aromatic rings. The van der Waals surface area contributed by atoms with Gasteiger partial charge in [0, 0.05) is 31.1 Å². The molecule has 3 heterocycles. The summed E-state index contributed by atoms with van der Waals surface area (Å²) >= 11 is 0. The number of primary amides is 1. The van der Waals surface area contributed by atoms with Crippen molar-refractivity contribution in [3.8, 4) is 17.3 Å². The third-order valence-corrected chi connectivity index (χ3v) is 5.61. The second-order valence-corrected chi connectivity index (χ2v) is 8.86. The second-order valence-electron chi connectivity index (χ2n) is 8.86. The van der Waals surface area contributed by atoms with Gasteiger partial charge in [-0.25, -0.2) is 4.98 Å². The van der Waals surface area contributed by atoms with E-state index in [9.17, 15) is 27.6 Å². The quantitative estimate of drug-likeness (QED) is 0.331. The fourth-order valence-corrected chi connectivity index (χ4v) is 3.90. The van der Waals surface area contributed by atoms with Crippen LogP contribution >= 0.6 is 0 Å². The molecule has 1 aromatic carbocycles. The van der Waals surface area contributed by atoms with Crippen molar-refractivity contribution < 1.29 is 37.0 Å². The van der Waals surface area contributed by atoms with Crippen LogP contribution < -0.4 is 25.8 Å². The first kappa shape index (κ1) is 27.4. The van der Waals surface area contributed by atoms with Crippen LogP contribution in [0.2, 0.25) is 0 Å². The summed E-state index contributed by atoms with van der Waals surface area (Å²) in [6.07, 6.45) is -2.77. The number of amides is 3. The first-order valence-corrected chi connectivity index (χ1v) is 11.8. The van der Waals surface area contributed by atoms with E-state index in [1.165, 1.54) is 22.9 Å². The van der Waals surface area contributed by atoms with E-state index in [1.54, 1.807) is 24.4 Å². The lowest BCUT2D eigenvalue weighted by molar-refractivity contribution is -0.153. The molecule has 0 spiro atoms. The van der Waals surface area contributed by atoms with Gasteiger partial charge in [0.15, 0.2) is 18.2 Å². The average Bonchev–Trinajstić information content (AvgIpc) is 3.21. The molecule has 1 aliphatic rings. The summed E-state index contributed by atoms with van der Waals surface area (Å²) in [6.45, 7) is 0.584. The fraction of sp³-hybridized carbons (Fsp3) is 0.320. The lowest BCUT2D eigenvalue weighted by Crippen LogP contribution is -2.42. The number of fused-ring (bicyclic) bond motifs is 1. The van der Waals surface area contributed by atoms with Crippen LogP contribution in [-0.4, -0.2) is 57.9 Å². The molecule has 14 heteroatoms. The number of hydrogen-bond donors (Lipinski definition) is 3. The Hall–Kier alpha value is -4.62. The van der Waals surface area contributed by atoms with Crippen LogP contribution in [0.25, 0.3) is 5.82 Å². The largest absolute Gasteiger partial charge is 0.493 e. The molecule has 39 heavy (non-hydrogen) atoms. The number of anilines is 1. The van der Waals surface area contributed by atoms with E-state index in [0.717, 1.165) is 5.56 Å². The van der Waals surface area contributed by atoms with Crippen molar-refractivity contribution in [3.05, 3.63) is 59.4 Å². The minimum atomic E-state index is -4.46. The Morgan fingerprint density at radius 3 is 2.62 bits per heavy atom. The number of alkyl halides is 3. The molecule has 11 nitrogen and oxygen atoms in total. The van der Waals surface area contributed by atoms with Crippen LogP contribution in [0.5, 0.6) is 11.5 Å². The van der Waals surface area contributed by atoms with Crippen molar-refractivity contribution in [2.24, 2.45) is 5.73 Å². The van der Waals surface area contributed by atoms with Gasteiger partial charge < -0.3 is 25.8 Å². The van der Waals surface area contributed by atoms with Gasteiger partial charge in [-0.2, -0.15) is 23.0 Å². The molecule has 1 atom stereocenters. The van der Waals surface area contributed by atoms with Crippen LogP contribution in [0.3, 0.4) is 0 Å². The van der Waals surface area contributed by atoms with E-state index >= 15 is 0 Å². The summed E-state index contributed by atoms with van der Waals surface area (Å²) in [4.78, 5) is 40.9. The molecule has 1 aliphatic heterocycles. The van der Waals surface area contributed by atoms with Crippen LogP contribution in [0, 0.1) is 6.92 Å². The summed E-state index contributed by atoms with van der Waals surface area (Å²) < 4.78 is 48.9. The van der Waals surface area contributed by atoms with Gasteiger partial charge in [-0.3, -0.25) is 14.4 Å². The summed E-state index contributed by atoms with van der Waals surface area (Å²) in [6, 6.07) is 8.92. The van der Waals surface area contributed by atoms with Crippen LogP contribution in [0.4, 0.5) is 19.0 Å². The number of hydrogen-bond acceptors (Lipinski definition) is 7. The first-order valence-electron chi connectivity index (χ1n) is 11.8. The zero-order valence-electron chi connectivity index (χ0n) is 20.7. The normalized spacial score (nSPS) is 14.8. The SMILES string of the molecule is Cc1ccc(-n2nc3c(c2NC(=O)CC(N)=O)C(=O)N[C@@H](CCOc2cccc(OCC(F)(F)F)c2)C3)nc1. The maximum Gasteiger partial charge on any atom is 0.422 e. The number of aromatic nitrogens is 3. The number of carbonyl (C=O) groups is 3. The molecule has 3 amide bonds. The van der Waals surface area contributed by atoms with Gasteiger partial charge in [-0.05, 0) is 30.7 Å². The predicted octanol–water partition coefficient (Wildman–Crippen LogP) is 2.45. The molecular weight excluding hydrogens is 521 g/mol. The zero-order chi connectivity index (χ0) is 28.2. The van der Waals surface area contributed by atoms with Crippen molar-refractivity contribution in [1.29, 1.82) is 0 Å². The minimum absolute atomic E-state index is 0.0154. The maximum absolute atomic E-state index is 13.1. The highest BCUT2D eigenvalue weighted by atomic mass is 19.4. The summed E-state index contributed by atoms with van der Waals surface area (Å²) in [5, 5.41) is 9.92. The first-order chi connectivity index (χ1) is 18.5. The van der Waals surface area contributed by atoms with E-state index in [2.05, 4.69) is 20.7 Å². The van der Waals surface area contributed by atoms with E-state index < -0.39 is 36.9 Å². The summed E-state index contributed by atoms with van der Waals surface area (Å²) in [7, 11) is 0. The van der Waals surface area contributed by atoms with Crippen LogP contribution in [-0.2, 0) is 16.0 Å². The lowest BCUT2D eigenvalue weighted by atomic mass is 9.99. The molecule has 0 unspecified atom stereocenters. The monoisotopic (exact) mass is 546 g/mol. The molecule has 4 rings (SSSR count). The molecule has 0 saturated heterocycles. The van der Waals surface area contributed by atoms with Crippen LogP contribution in [0.1, 0.15) is 34.5 Å². The highest BCUT2D eigenvalue weighted by Crippen LogP contribution is 2.28. The highest BCUT2D eigenvalue weighted by molar-refractivity contribution is 6.08. The number of rotatable bonds is 10. The molecule has 0 radical (unpaired) electrons. The summed E-state index contributed by atoms with van der Waals surface area (Å²) in [5.41, 5.74) is 6.56. The van der Waals surface area contributed by atoms with Crippen molar-refractivity contribution in [2.45, 2.75) is 38.4 Å². The summed E-state index contributed by atoms with van der Waals surface area (Å²) in [5.74, 6) is -1.28. The zero-order valence-corrected chi connectivity index (χ0v) is 20.7. The molecule has 2 aromatic heterocycles. The van der Waals surface area contributed by atoms with Crippen molar-refractivity contribution in [3.63, 3.8) is 0 Å². The fourth-order valence-electron chi connectivity index (χ4n) is 3.90. The van der Waals surface area contributed by atoms with E-state index in [0.29, 0.717) is 30.1 Å². The Bertz CT molecular complexity index is 1370. The Morgan fingerprint density at radius 1 is 1.21 bits per heavy atom. The number of carbonyl (C=O) groups excluding carboxylic acids is 3. The van der Waals surface area contributed by atoms with Gasteiger partial charge in [-0.1, -0.05) is 12.1 Å². The number of benzene rings is 1. The molecule has 0 saturated carbocycles. The average molecular weight is 547 g/mol. The molecule has 206 valence electrons. The van der Waals surface area contributed by atoms with E-state index in [-0.39, 0.29) is 29.8 Å². The standard InChI is InChI=1S/C25H25F3N6O5/c1-14-5-6-20(30-12-14)34-23(32-21(36)11-19(29)35)22-18(33-34)9-15(31-24(22)37)7-8-38-16-3-2-4-17(10-16)39-13-25(26,27)28/h2-6,10,12,15H,7-9,11,13H2,1H3,(H2,29,35)(H,31,37)(H,32,36)/t15-/m0/s1. The second kappa shape index (κ2) is 11.4. The van der Waals surface area contributed by atoms with Crippen LogP contribution in [0.15, 0.2) is 42.6 Å². The van der Waals surface area contributed by atoms with Gasteiger partial charge in [0.1, 0.15) is 23.5 Å². The number of aryl methyl sites for hydroxylation is 1. The van der Waals surface area contributed by atoms with Gasteiger partial charge >= 0.3 is 6.18 Å². The molecule has 0 fully saturated rings. The molecular formula is C25H25F3N6O5. The topological polar surface area (TPSA) is 150 Å². The highest BCUT2D eigenvalue weighted by Gasteiger charge is 2.33. The van der Waals surface area contributed by atoms with Gasteiger partial charge in [0.05, 0.1) is 12.3 Å². The third kappa shape index (κ3) is 7.24. The van der Waals surface area contributed by atoms with Gasteiger partial charge in [0.2, 0.25) is 11.8 Å². The van der Waals surface area contributed by atoms with E-state index in [1.807, 2.05) is 6.92 Å². The predicted molar refractivity (Wildman–Crippen MR) is 132 cm³/mol. The Morgan fingerprint density at radius 2 is 1.95 bits per heavy atom. The Labute approximate surface area is 220 Å². The maximum atomic E-state index is 13.1. The van der Waals surface area contributed by atoms with Gasteiger partial charge in [0.25, 0.3) is 5.91 Å². The van der Waals surface area contributed by atoms with Crippen molar-refractivity contribution in [1.82, 2.24) is 20.1 Å². The number of pyridine rings is 1. The lowest BCUT2D eigenvalue weighted by Gasteiger charge is -2.23. The number of ether oxygens (including phenoxy) is 2. The molecule has 0 aliphatic carbocycles. The Kier molecular flexibility index (Phi) is 8.02. The smallest absolute Gasteiger partial charge is 0.422 e. The van der Waals surface area contributed by atoms with E-state index in [4.69, 9.17) is 15.2 Å². The molecule has 0 bridgehead atoms. The minimum Gasteiger partial charge on any atom is -0.493 e. The molecule has 4 N–H and O–H groups in total. The van der Waals surface area contributed by atoms with Crippen molar-refractivity contribution >= 4 is 23.5 Å². The number of nitrogens with zero attached hydrogens (tertiary/aromatic N) is 3. The number of nitrogens with one attached hydrogen (secondary N) is 2. The Balaban J connectivity index is 1.47. The number of halogens is 3. The van der Waals surface area contributed by atoms with Gasteiger partial charge in [-0.15, -0.1) is 0 Å². The third-order valence-electron chi connectivity index (χ3n) is 5.61. The van der Waals surface area contributed by atoms with Crippen molar-refractivity contribution in [2.75, 3.05) is 18.5 Å². The number of nitrogens with two attached hydrogens (primary N) is 1.